The van der Waals surface area contributed by atoms with Crippen LogP contribution in [0.25, 0.3) is 0 Å². The molecule has 0 spiro atoms. The van der Waals surface area contributed by atoms with E-state index < -0.39 is 40.7 Å². The number of benzene rings is 1. The first kappa shape index (κ1) is 22.0. The van der Waals surface area contributed by atoms with Gasteiger partial charge in [0.25, 0.3) is 5.91 Å². The molecule has 2 aliphatic heterocycles. The van der Waals surface area contributed by atoms with Crippen LogP contribution in [0.4, 0.5) is 5.82 Å². The topological polar surface area (TPSA) is 158 Å². The fourth-order valence-corrected chi connectivity index (χ4v) is 5.06. The number of nitrogens with zero attached hydrogens (tertiary/aromatic N) is 2. The summed E-state index contributed by atoms with van der Waals surface area (Å²) in [6, 6.07) is 4.31. The van der Waals surface area contributed by atoms with Crippen LogP contribution in [-0.4, -0.2) is 73.4 Å². The van der Waals surface area contributed by atoms with Crippen molar-refractivity contribution in [3.8, 4) is 11.5 Å². The number of carbonyl (C=O) groups is 2. The predicted octanol–water partition coefficient (Wildman–Crippen LogP) is 0.0600. The van der Waals surface area contributed by atoms with E-state index in [2.05, 4.69) is 10.5 Å². The number of aromatic nitrogens is 1. The van der Waals surface area contributed by atoms with Gasteiger partial charge in [-0.25, -0.2) is 8.42 Å². The maximum Gasteiger partial charge on any atom is 0.325 e. The van der Waals surface area contributed by atoms with E-state index >= 15 is 0 Å². The fourth-order valence-electron chi connectivity index (χ4n) is 3.42. The molecule has 1 amide bonds. The van der Waals surface area contributed by atoms with Crippen LogP contribution in [-0.2, 0) is 24.3 Å². The lowest BCUT2D eigenvalue weighted by molar-refractivity contribution is -0.150. The predicted molar refractivity (Wildman–Crippen MR) is 107 cm³/mol. The molecule has 1 aromatic heterocycles. The molecule has 1 aromatic carbocycles. The van der Waals surface area contributed by atoms with Gasteiger partial charge in [-0.2, -0.15) is 4.31 Å². The molecule has 0 saturated carbocycles. The van der Waals surface area contributed by atoms with Crippen LogP contribution >= 0.6 is 0 Å². The molecular formula is C19H21N3O9S. The summed E-state index contributed by atoms with van der Waals surface area (Å²) >= 11 is 0. The van der Waals surface area contributed by atoms with Gasteiger partial charge in [-0.1, -0.05) is 5.16 Å². The molecule has 1 fully saturated rings. The SMILES string of the molecule is Cc1cc(NC(=O)COC(=O)C2CC(O)CN2S(=O)(=O)c2ccc3c(c2)OCCO3)no1. The summed E-state index contributed by atoms with van der Waals surface area (Å²) < 4.78 is 47.9. The Morgan fingerprint density at radius 3 is 2.72 bits per heavy atom. The number of fused-ring (bicyclic) bond motifs is 1. The Morgan fingerprint density at radius 2 is 2.00 bits per heavy atom. The summed E-state index contributed by atoms with van der Waals surface area (Å²) in [5, 5.41) is 16.0. The monoisotopic (exact) mass is 467 g/mol. The Labute approximate surface area is 183 Å². The zero-order valence-corrected chi connectivity index (χ0v) is 17.8. The second kappa shape index (κ2) is 8.76. The lowest BCUT2D eigenvalue weighted by Gasteiger charge is -2.24. The number of rotatable bonds is 6. The first-order chi connectivity index (χ1) is 15.2. The third kappa shape index (κ3) is 4.54. The number of aryl methyl sites for hydroxylation is 1. The maximum atomic E-state index is 13.2. The molecule has 2 aromatic rings. The lowest BCUT2D eigenvalue weighted by atomic mass is 10.2. The molecule has 172 valence electrons. The Bertz CT molecular complexity index is 1130. The van der Waals surface area contributed by atoms with Crippen molar-refractivity contribution in [2.75, 3.05) is 31.7 Å². The highest BCUT2D eigenvalue weighted by Gasteiger charge is 2.44. The van der Waals surface area contributed by atoms with E-state index in [0.717, 1.165) is 4.31 Å². The Morgan fingerprint density at radius 1 is 1.25 bits per heavy atom. The zero-order valence-electron chi connectivity index (χ0n) is 17.0. The standard InChI is InChI=1S/C19H21N3O9S/c1-11-6-17(21-31-11)20-18(24)10-30-19(25)14-7-12(23)9-22(14)32(26,27)13-2-3-15-16(8-13)29-5-4-28-15/h2-3,6,8,12,14,23H,4-5,7,9-10H2,1H3,(H,20,21,24). The number of aliphatic hydroxyl groups is 1. The van der Waals surface area contributed by atoms with Gasteiger partial charge >= 0.3 is 5.97 Å². The average Bonchev–Trinajstić information content (AvgIpc) is 3.37. The number of esters is 1. The molecule has 12 nitrogen and oxygen atoms in total. The van der Waals surface area contributed by atoms with Gasteiger partial charge in [0.05, 0.1) is 11.0 Å². The molecule has 2 aliphatic rings. The summed E-state index contributed by atoms with van der Waals surface area (Å²) in [7, 11) is -4.17. The van der Waals surface area contributed by atoms with Crippen LogP contribution < -0.4 is 14.8 Å². The first-order valence-corrected chi connectivity index (χ1v) is 11.2. The normalized spacial score (nSPS) is 20.7. The number of anilines is 1. The Balaban J connectivity index is 1.45. The molecule has 32 heavy (non-hydrogen) atoms. The van der Waals surface area contributed by atoms with Gasteiger partial charge in [-0.05, 0) is 19.1 Å². The second-order valence-electron chi connectivity index (χ2n) is 7.26. The second-order valence-corrected chi connectivity index (χ2v) is 9.15. The Hall–Kier alpha value is -3.16. The highest BCUT2D eigenvalue weighted by atomic mass is 32.2. The molecule has 2 unspecified atom stereocenters. The molecule has 1 saturated heterocycles. The number of amides is 1. The molecule has 4 rings (SSSR count). The number of β-amino-alcohol motifs (C(OH)–C–C–N with tert-alkyl or cyclic N) is 1. The molecule has 13 heteroatoms. The highest BCUT2D eigenvalue weighted by molar-refractivity contribution is 7.89. The summed E-state index contributed by atoms with van der Waals surface area (Å²) in [4.78, 5) is 24.4. The Kier molecular flexibility index (Phi) is 6.04. The number of aliphatic hydroxyl groups excluding tert-OH is 1. The number of nitrogens with one attached hydrogen (secondary N) is 1. The summed E-state index contributed by atoms with van der Waals surface area (Å²) in [5.74, 6) is -0.294. The summed E-state index contributed by atoms with van der Waals surface area (Å²) in [6.07, 6.45) is -1.22. The van der Waals surface area contributed by atoms with E-state index in [9.17, 15) is 23.1 Å². The molecule has 0 radical (unpaired) electrons. The minimum Gasteiger partial charge on any atom is -0.486 e. The van der Waals surface area contributed by atoms with E-state index in [1.54, 1.807) is 6.92 Å². The number of hydrogen-bond acceptors (Lipinski definition) is 10. The van der Waals surface area contributed by atoms with Crippen molar-refractivity contribution in [2.45, 2.75) is 30.4 Å². The van der Waals surface area contributed by atoms with Crippen LogP contribution in [0.2, 0.25) is 0 Å². The average molecular weight is 467 g/mol. The van der Waals surface area contributed by atoms with Gasteiger partial charge in [0.15, 0.2) is 23.9 Å². The molecule has 3 heterocycles. The van der Waals surface area contributed by atoms with Gasteiger partial charge in [0.1, 0.15) is 25.0 Å². The molecule has 0 aliphatic carbocycles. The van der Waals surface area contributed by atoms with Crippen molar-refractivity contribution in [2.24, 2.45) is 0 Å². The van der Waals surface area contributed by atoms with Gasteiger partial charge in [0, 0.05) is 25.1 Å². The van der Waals surface area contributed by atoms with E-state index in [1.165, 1.54) is 24.3 Å². The van der Waals surface area contributed by atoms with Crippen LogP contribution in [0, 0.1) is 6.92 Å². The summed E-state index contributed by atoms with van der Waals surface area (Å²) in [5.41, 5.74) is 0. The van der Waals surface area contributed by atoms with Gasteiger partial charge in [-0.3, -0.25) is 9.59 Å². The van der Waals surface area contributed by atoms with Crippen molar-refractivity contribution in [3.05, 3.63) is 30.0 Å². The molecule has 0 bridgehead atoms. The van der Waals surface area contributed by atoms with E-state index in [4.69, 9.17) is 18.7 Å². The first-order valence-electron chi connectivity index (χ1n) is 9.73. The maximum absolute atomic E-state index is 13.2. The summed E-state index contributed by atoms with van der Waals surface area (Å²) in [6.45, 7) is 1.33. The lowest BCUT2D eigenvalue weighted by Crippen LogP contribution is -2.42. The zero-order chi connectivity index (χ0) is 22.9. The van der Waals surface area contributed by atoms with Crippen LogP contribution in [0.3, 0.4) is 0 Å². The minimum absolute atomic E-state index is 0.118. The highest BCUT2D eigenvalue weighted by Crippen LogP contribution is 2.35. The number of ether oxygens (including phenoxy) is 3. The van der Waals surface area contributed by atoms with Crippen LogP contribution in [0.1, 0.15) is 12.2 Å². The third-order valence-corrected chi connectivity index (χ3v) is 6.74. The fraction of sp³-hybridized carbons (Fsp3) is 0.421. The van der Waals surface area contributed by atoms with E-state index in [-0.39, 0.29) is 36.0 Å². The number of hydrogen-bond donors (Lipinski definition) is 2. The number of carbonyl (C=O) groups excluding carboxylic acids is 2. The van der Waals surface area contributed by atoms with Crippen LogP contribution in [0.5, 0.6) is 11.5 Å². The molecule has 2 N–H and O–H groups in total. The van der Waals surface area contributed by atoms with Crippen molar-refractivity contribution < 1.29 is 41.8 Å². The third-order valence-electron chi connectivity index (χ3n) is 4.87. The number of sulfonamides is 1. The van der Waals surface area contributed by atoms with Gasteiger partial charge in [0.2, 0.25) is 10.0 Å². The quantitative estimate of drug-likeness (QED) is 0.557. The van der Waals surface area contributed by atoms with Crippen molar-refractivity contribution in [3.63, 3.8) is 0 Å². The van der Waals surface area contributed by atoms with Gasteiger partial charge < -0.3 is 29.2 Å². The van der Waals surface area contributed by atoms with E-state index in [1.807, 2.05) is 0 Å². The van der Waals surface area contributed by atoms with Gasteiger partial charge in [-0.15, -0.1) is 0 Å². The van der Waals surface area contributed by atoms with Crippen molar-refractivity contribution >= 4 is 27.7 Å². The van der Waals surface area contributed by atoms with Crippen LogP contribution in [0.15, 0.2) is 33.7 Å². The smallest absolute Gasteiger partial charge is 0.325 e. The minimum atomic E-state index is -4.17. The molecular weight excluding hydrogens is 446 g/mol. The molecule has 2 atom stereocenters. The van der Waals surface area contributed by atoms with E-state index in [0.29, 0.717) is 18.1 Å². The van der Waals surface area contributed by atoms with Crippen molar-refractivity contribution in [1.82, 2.24) is 9.46 Å². The largest absolute Gasteiger partial charge is 0.486 e. The van der Waals surface area contributed by atoms with Crippen molar-refractivity contribution in [1.29, 1.82) is 0 Å².